The van der Waals surface area contributed by atoms with Crippen molar-refractivity contribution in [3.8, 4) is 11.1 Å². The molecule has 0 fully saturated rings. The Labute approximate surface area is 176 Å². The van der Waals surface area contributed by atoms with Crippen LogP contribution in [-0.2, 0) is 14.3 Å². The summed E-state index contributed by atoms with van der Waals surface area (Å²) >= 11 is 0. The van der Waals surface area contributed by atoms with Gasteiger partial charge in [-0.3, -0.25) is 4.79 Å². The van der Waals surface area contributed by atoms with Crippen LogP contribution in [0, 0.1) is 5.92 Å². The highest BCUT2D eigenvalue weighted by atomic mass is 19.1. The van der Waals surface area contributed by atoms with Crippen LogP contribution in [0.15, 0.2) is 48.5 Å². The zero-order valence-corrected chi connectivity index (χ0v) is 17.8. The Bertz CT molecular complexity index is 876. The summed E-state index contributed by atoms with van der Waals surface area (Å²) in [6.45, 7) is 7.03. The first-order valence-electron chi connectivity index (χ1n) is 10.1. The van der Waals surface area contributed by atoms with E-state index in [0.29, 0.717) is 0 Å². The Kier molecular flexibility index (Phi) is 6.56. The predicted octanol–water partition coefficient (Wildman–Crippen LogP) is 4.84. The molecule has 2 aromatic carbocycles. The molecule has 2 atom stereocenters. The number of rotatable bonds is 7. The molecule has 3 rings (SSSR count). The Morgan fingerprint density at radius 3 is 2.07 bits per heavy atom. The molecular formula is C24H28FNO4. The summed E-state index contributed by atoms with van der Waals surface area (Å²) in [5, 5.41) is 2.61. The van der Waals surface area contributed by atoms with Gasteiger partial charge in [0.2, 0.25) is 0 Å². The lowest BCUT2D eigenvalue weighted by Gasteiger charge is -2.30. The second kappa shape index (κ2) is 8.96. The lowest BCUT2D eigenvalue weighted by molar-refractivity contribution is -0.143. The molecule has 0 aromatic heterocycles. The fraction of sp³-hybridized carbons (Fsp3) is 0.417. The van der Waals surface area contributed by atoms with Crippen LogP contribution in [-0.4, -0.2) is 37.0 Å². The molecule has 0 spiro atoms. The highest BCUT2D eigenvalue weighted by Gasteiger charge is 2.31. The van der Waals surface area contributed by atoms with E-state index in [1.54, 1.807) is 0 Å². The topological polar surface area (TPSA) is 64.6 Å². The van der Waals surface area contributed by atoms with Gasteiger partial charge in [-0.15, -0.1) is 0 Å². The van der Waals surface area contributed by atoms with Gasteiger partial charge in [0.05, 0.1) is 17.6 Å². The fourth-order valence-corrected chi connectivity index (χ4v) is 3.75. The number of hydrogen-bond acceptors (Lipinski definition) is 4. The molecule has 0 radical (unpaired) electrons. The molecular weight excluding hydrogens is 385 g/mol. The molecule has 1 aliphatic rings. The lowest BCUT2D eigenvalue weighted by atomic mass is 9.98. The quantitative estimate of drug-likeness (QED) is 0.660. The third-order valence-corrected chi connectivity index (χ3v) is 5.21. The van der Waals surface area contributed by atoms with Crippen molar-refractivity contribution >= 4 is 12.1 Å². The van der Waals surface area contributed by atoms with E-state index in [1.165, 1.54) is 6.92 Å². The number of hydrogen-bond donors (Lipinski definition) is 1. The van der Waals surface area contributed by atoms with Crippen molar-refractivity contribution in [1.29, 1.82) is 0 Å². The van der Waals surface area contributed by atoms with E-state index >= 15 is 0 Å². The number of amides is 1. The number of fused-ring (bicyclic) bond motifs is 3. The number of benzene rings is 2. The van der Waals surface area contributed by atoms with Gasteiger partial charge in [-0.2, -0.15) is 4.39 Å². The van der Waals surface area contributed by atoms with E-state index in [2.05, 4.69) is 17.4 Å². The van der Waals surface area contributed by atoms with Gasteiger partial charge in [-0.05, 0) is 43.0 Å². The first-order valence-corrected chi connectivity index (χ1v) is 10.1. The molecule has 30 heavy (non-hydrogen) atoms. The summed E-state index contributed by atoms with van der Waals surface area (Å²) in [7, 11) is 0. The Morgan fingerprint density at radius 2 is 1.57 bits per heavy atom. The van der Waals surface area contributed by atoms with Crippen LogP contribution in [0.25, 0.3) is 11.1 Å². The molecule has 2 unspecified atom stereocenters. The first-order chi connectivity index (χ1) is 14.2. The molecule has 1 amide bonds. The molecule has 0 bridgehead atoms. The maximum absolute atomic E-state index is 13.2. The maximum Gasteiger partial charge on any atom is 0.407 e. The smallest absolute Gasteiger partial charge is 0.407 e. The highest BCUT2D eigenvalue weighted by Crippen LogP contribution is 2.44. The number of carbonyl (C=O) groups is 2. The minimum absolute atomic E-state index is 0.0230. The molecule has 6 heteroatoms. The summed E-state index contributed by atoms with van der Waals surface area (Å²) < 4.78 is 24.4. The van der Waals surface area contributed by atoms with Crippen molar-refractivity contribution in [2.75, 3.05) is 13.2 Å². The van der Waals surface area contributed by atoms with Gasteiger partial charge in [0.1, 0.15) is 6.61 Å². The van der Waals surface area contributed by atoms with Gasteiger partial charge in [-0.25, -0.2) is 4.79 Å². The van der Waals surface area contributed by atoms with E-state index in [9.17, 15) is 14.0 Å². The predicted molar refractivity (Wildman–Crippen MR) is 113 cm³/mol. The molecule has 0 saturated heterocycles. The van der Waals surface area contributed by atoms with Crippen LogP contribution < -0.4 is 5.32 Å². The van der Waals surface area contributed by atoms with E-state index < -0.39 is 29.8 Å². The van der Waals surface area contributed by atoms with Crippen molar-refractivity contribution in [2.24, 2.45) is 5.92 Å². The molecule has 2 aromatic rings. The second-order valence-corrected chi connectivity index (χ2v) is 8.57. The molecule has 160 valence electrons. The second-order valence-electron chi connectivity index (χ2n) is 8.57. The monoisotopic (exact) mass is 413 g/mol. The van der Waals surface area contributed by atoms with Crippen LogP contribution in [0.5, 0.6) is 0 Å². The van der Waals surface area contributed by atoms with E-state index in [1.807, 2.05) is 57.2 Å². The van der Waals surface area contributed by atoms with Crippen molar-refractivity contribution in [1.82, 2.24) is 5.32 Å². The zero-order chi connectivity index (χ0) is 21.9. The van der Waals surface area contributed by atoms with Crippen LogP contribution in [0.1, 0.15) is 44.7 Å². The number of nitrogens with one attached hydrogen (secondary N) is 1. The molecule has 1 N–H and O–H groups in total. The van der Waals surface area contributed by atoms with Gasteiger partial charge in [0.15, 0.2) is 0 Å². The van der Waals surface area contributed by atoms with Gasteiger partial charge >= 0.3 is 12.1 Å². The zero-order valence-electron chi connectivity index (χ0n) is 17.8. The lowest BCUT2D eigenvalue weighted by Crippen LogP contribution is -2.43. The standard InChI is InChI=1S/C24H28FNO4/c1-15(22(25)27)21(30-24(2,3)4)13-26-23(28)29-14-20-18-11-7-5-9-16(18)17-10-6-8-12-19(17)20/h5-12,15,20-21H,13-14H2,1-4H3,(H,26,28). The van der Waals surface area contributed by atoms with E-state index in [4.69, 9.17) is 9.47 Å². The van der Waals surface area contributed by atoms with Crippen molar-refractivity contribution in [3.63, 3.8) is 0 Å². The minimum atomic E-state index is -1.47. The van der Waals surface area contributed by atoms with Gasteiger partial charge < -0.3 is 14.8 Å². The van der Waals surface area contributed by atoms with Crippen LogP contribution in [0.3, 0.4) is 0 Å². The van der Waals surface area contributed by atoms with Crippen molar-refractivity contribution < 1.29 is 23.5 Å². The maximum atomic E-state index is 13.2. The largest absolute Gasteiger partial charge is 0.449 e. The molecule has 0 heterocycles. The first kappa shape index (κ1) is 22.0. The minimum Gasteiger partial charge on any atom is -0.449 e. The molecule has 0 aliphatic heterocycles. The van der Waals surface area contributed by atoms with Gasteiger partial charge in [0, 0.05) is 12.5 Å². The number of halogens is 1. The fourth-order valence-electron chi connectivity index (χ4n) is 3.75. The normalized spacial score (nSPS) is 15.1. The van der Waals surface area contributed by atoms with Crippen LogP contribution >= 0.6 is 0 Å². The van der Waals surface area contributed by atoms with Crippen molar-refractivity contribution in [2.45, 2.75) is 45.3 Å². The van der Waals surface area contributed by atoms with E-state index in [0.717, 1.165) is 22.3 Å². The average molecular weight is 413 g/mol. The average Bonchev–Trinajstić information content (AvgIpc) is 3.02. The Hall–Kier alpha value is -2.73. The molecule has 0 saturated carbocycles. The number of carbonyl (C=O) groups excluding carboxylic acids is 2. The Morgan fingerprint density at radius 1 is 1.03 bits per heavy atom. The van der Waals surface area contributed by atoms with Gasteiger partial charge in [0.25, 0.3) is 0 Å². The summed E-state index contributed by atoms with van der Waals surface area (Å²) in [4.78, 5) is 23.5. The SMILES string of the molecule is CC(C(=O)F)C(CNC(=O)OCC1c2ccccc2-c2ccccc21)OC(C)(C)C. The van der Waals surface area contributed by atoms with Gasteiger partial charge in [-0.1, -0.05) is 55.5 Å². The third kappa shape index (κ3) is 5.05. The summed E-state index contributed by atoms with van der Waals surface area (Å²) in [5.41, 5.74) is 3.96. The third-order valence-electron chi connectivity index (χ3n) is 5.21. The molecule has 1 aliphatic carbocycles. The van der Waals surface area contributed by atoms with E-state index in [-0.39, 0.29) is 19.1 Å². The Balaban J connectivity index is 1.62. The van der Waals surface area contributed by atoms with Crippen molar-refractivity contribution in [3.05, 3.63) is 59.7 Å². The van der Waals surface area contributed by atoms with Crippen LogP contribution in [0.4, 0.5) is 9.18 Å². The summed E-state index contributed by atoms with van der Waals surface area (Å²) in [6, 6.07) is 14.7. The summed E-state index contributed by atoms with van der Waals surface area (Å²) in [5.74, 6) is -1.03. The number of alkyl carbamates (subject to hydrolysis) is 1. The van der Waals surface area contributed by atoms with Crippen LogP contribution in [0.2, 0.25) is 0 Å². The highest BCUT2D eigenvalue weighted by molar-refractivity contribution is 5.79. The molecule has 5 nitrogen and oxygen atoms in total. The number of ether oxygens (including phenoxy) is 2. The summed E-state index contributed by atoms with van der Waals surface area (Å²) in [6.07, 6.45) is -1.42.